The van der Waals surface area contributed by atoms with Gasteiger partial charge in [0.05, 0.1) is 9.92 Å². The van der Waals surface area contributed by atoms with Crippen LogP contribution < -0.4 is 4.90 Å². The average Bonchev–Trinajstić information content (AvgIpc) is 2.80. The number of halogens is 1. The number of sulfonamides is 1. The Balaban J connectivity index is 1.48. The van der Waals surface area contributed by atoms with Gasteiger partial charge >= 0.3 is 0 Å². The topological polar surface area (TPSA) is 73.8 Å². The molecular formula is C22H27ClN4O3S. The van der Waals surface area contributed by atoms with Crippen molar-refractivity contribution in [3.63, 3.8) is 0 Å². The van der Waals surface area contributed by atoms with Crippen molar-refractivity contribution in [3.8, 4) is 0 Å². The summed E-state index contributed by atoms with van der Waals surface area (Å²) in [6.45, 7) is 5.27. The molecule has 2 aliphatic rings. The maximum absolute atomic E-state index is 13.2. The molecule has 0 radical (unpaired) electrons. The Hall–Kier alpha value is -2.16. The van der Waals surface area contributed by atoms with E-state index in [0.29, 0.717) is 55.4 Å². The van der Waals surface area contributed by atoms with Gasteiger partial charge in [-0.2, -0.15) is 4.31 Å². The molecule has 0 unspecified atom stereocenters. The zero-order valence-corrected chi connectivity index (χ0v) is 19.2. The minimum atomic E-state index is -3.59. The van der Waals surface area contributed by atoms with Crippen molar-refractivity contribution in [2.45, 2.75) is 31.1 Å². The van der Waals surface area contributed by atoms with Gasteiger partial charge in [-0.15, -0.1) is 0 Å². The smallest absolute Gasteiger partial charge is 0.254 e. The van der Waals surface area contributed by atoms with Crippen molar-refractivity contribution in [1.82, 2.24) is 14.2 Å². The molecule has 31 heavy (non-hydrogen) atoms. The van der Waals surface area contributed by atoms with Crippen LogP contribution >= 0.6 is 11.6 Å². The zero-order valence-electron chi connectivity index (χ0n) is 17.6. The molecule has 4 rings (SSSR count). The molecule has 0 spiro atoms. The summed E-state index contributed by atoms with van der Waals surface area (Å²) in [6, 6.07) is 8.68. The largest absolute Gasteiger partial charge is 0.353 e. The lowest BCUT2D eigenvalue weighted by molar-refractivity contribution is 0.0746. The molecule has 2 aromatic rings. The van der Waals surface area contributed by atoms with Gasteiger partial charge in [-0.3, -0.25) is 4.79 Å². The maximum atomic E-state index is 13.2. The van der Waals surface area contributed by atoms with Crippen LogP contribution in [-0.2, 0) is 10.0 Å². The number of rotatable bonds is 4. The molecule has 1 amide bonds. The first-order valence-electron chi connectivity index (χ1n) is 10.6. The Morgan fingerprint density at radius 2 is 1.68 bits per heavy atom. The van der Waals surface area contributed by atoms with E-state index in [4.69, 9.17) is 11.6 Å². The molecule has 0 bridgehead atoms. The van der Waals surface area contributed by atoms with Crippen molar-refractivity contribution in [1.29, 1.82) is 0 Å². The lowest BCUT2D eigenvalue weighted by atomic mass is 10.1. The molecule has 0 N–H and O–H groups in total. The number of anilines is 1. The van der Waals surface area contributed by atoms with Gasteiger partial charge in [0.1, 0.15) is 5.82 Å². The first kappa shape index (κ1) is 22.0. The highest BCUT2D eigenvalue weighted by Gasteiger charge is 2.29. The number of piperidine rings is 1. The Labute approximate surface area is 188 Å². The van der Waals surface area contributed by atoms with Gasteiger partial charge in [-0.05, 0) is 49.6 Å². The second kappa shape index (κ2) is 9.14. The fraction of sp³-hybridized carbons (Fsp3) is 0.455. The Morgan fingerprint density at radius 1 is 0.968 bits per heavy atom. The second-order valence-electron chi connectivity index (χ2n) is 8.06. The highest BCUT2D eigenvalue weighted by Crippen LogP contribution is 2.25. The number of piperazine rings is 1. The summed E-state index contributed by atoms with van der Waals surface area (Å²) in [5, 5.41) is 0.590. The number of benzene rings is 1. The van der Waals surface area contributed by atoms with Crippen LogP contribution in [-0.4, -0.2) is 67.8 Å². The van der Waals surface area contributed by atoms with Gasteiger partial charge in [0, 0.05) is 51.0 Å². The summed E-state index contributed by atoms with van der Waals surface area (Å²) in [5.41, 5.74) is 1.08. The Kier molecular flexibility index (Phi) is 6.50. The van der Waals surface area contributed by atoms with Gasteiger partial charge in [-0.25, -0.2) is 13.4 Å². The summed E-state index contributed by atoms with van der Waals surface area (Å²) in [7, 11) is -3.59. The molecular weight excluding hydrogens is 436 g/mol. The number of hydrogen-bond donors (Lipinski definition) is 0. The summed E-state index contributed by atoms with van der Waals surface area (Å²) >= 11 is 5.91. The highest BCUT2D eigenvalue weighted by atomic mass is 35.5. The fourth-order valence-corrected chi connectivity index (χ4v) is 6.01. The van der Waals surface area contributed by atoms with E-state index < -0.39 is 10.0 Å². The van der Waals surface area contributed by atoms with Crippen LogP contribution in [0.4, 0.5) is 5.82 Å². The van der Waals surface area contributed by atoms with Crippen LogP contribution in [0.2, 0.25) is 5.02 Å². The van der Waals surface area contributed by atoms with E-state index >= 15 is 0 Å². The molecule has 1 aromatic heterocycles. The molecule has 2 aliphatic heterocycles. The summed E-state index contributed by atoms with van der Waals surface area (Å²) < 4.78 is 27.9. The highest BCUT2D eigenvalue weighted by molar-refractivity contribution is 7.89. The Morgan fingerprint density at radius 3 is 2.32 bits per heavy atom. The third kappa shape index (κ3) is 4.71. The first-order chi connectivity index (χ1) is 14.9. The van der Waals surface area contributed by atoms with Gasteiger partial charge in [0.25, 0.3) is 5.91 Å². The average molecular weight is 463 g/mol. The fourth-order valence-electron chi connectivity index (χ4n) is 4.13. The van der Waals surface area contributed by atoms with Crippen molar-refractivity contribution in [2.24, 2.45) is 0 Å². The van der Waals surface area contributed by atoms with Crippen LogP contribution in [0.25, 0.3) is 0 Å². The third-order valence-electron chi connectivity index (χ3n) is 5.97. The Bertz CT molecular complexity index is 1040. The number of pyridine rings is 1. The summed E-state index contributed by atoms with van der Waals surface area (Å²) in [4.78, 5) is 21.6. The monoisotopic (exact) mass is 462 g/mol. The minimum absolute atomic E-state index is 0.140. The number of hydrogen-bond acceptors (Lipinski definition) is 5. The quantitative estimate of drug-likeness (QED) is 0.697. The standard InChI is InChI=1S/C22H27ClN4O3S/c1-17-5-6-18(15-20(17)31(29,30)27-9-3-2-4-10-27)22(28)26-13-11-25(12-14-26)21-8-7-19(23)16-24-21/h5-8,15-16H,2-4,9-14H2,1H3. The number of nitrogens with zero attached hydrogens (tertiary/aromatic N) is 4. The van der Waals surface area contributed by atoms with Gasteiger partial charge in [0.2, 0.25) is 10.0 Å². The normalized spacial score (nSPS) is 18.3. The third-order valence-corrected chi connectivity index (χ3v) is 8.23. The molecule has 3 heterocycles. The molecule has 7 nitrogen and oxygen atoms in total. The number of amides is 1. The van der Waals surface area contributed by atoms with Crippen LogP contribution in [0, 0.1) is 6.92 Å². The predicted octanol–water partition coefficient (Wildman–Crippen LogP) is 3.18. The predicted molar refractivity (Wildman–Crippen MR) is 121 cm³/mol. The SMILES string of the molecule is Cc1ccc(C(=O)N2CCN(c3ccc(Cl)cn3)CC2)cc1S(=O)(=O)N1CCCCC1. The molecule has 2 saturated heterocycles. The molecule has 9 heteroatoms. The van der Waals surface area contributed by atoms with Crippen LogP contribution in [0.3, 0.4) is 0 Å². The van der Waals surface area contributed by atoms with E-state index in [1.807, 2.05) is 6.07 Å². The number of carbonyl (C=O) groups is 1. The second-order valence-corrected chi connectivity index (χ2v) is 10.4. The van der Waals surface area contributed by atoms with E-state index in [9.17, 15) is 13.2 Å². The van der Waals surface area contributed by atoms with E-state index in [2.05, 4.69) is 9.88 Å². The lowest BCUT2D eigenvalue weighted by Crippen LogP contribution is -2.49. The summed E-state index contributed by atoms with van der Waals surface area (Å²) in [5.74, 6) is 0.695. The van der Waals surface area contributed by atoms with Gasteiger partial charge < -0.3 is 9.80 Å². The molecule has 1 aromatic carbocycles. The van der Waals surface area contributed by atoms with Gasteiger partial charge in [0.15, 0.2) is 0 Å². The molecule has 166 valence electrons. The molecule has 0 aliphatic carbocycles. The van der Waals surface area contributed by atoms with Crippen LogP contribution in [0.1, 0.15) is 35.2 Å². The molecule has 0 saturated carbocycles. The number of aromatic nitrogens is 1. The van der Waals surface area contributed by atoms with E-state index in [1.54, 1.807) is 46.6 Å². The molecule has 0 atom stereocenters. The summed E-state index contributed by atoms with van der Waals surface area (Å²) in [6.07, 6.45) is 4.43. The van der Waals surface area contributed by atoms with Crippen LogP contribution in [0.5, 0.6) is 0 Å². The minimum Gasteiger partial charge on any atom is -0.353 e. The van der Waals surface area contributed by atoms with E-state index in [1.165, 1.54) is 0 Å². The zero-order chi connectivity index (χ0) is 22.0. The van der Waals surface area contributed by atoms with Crippen molar-refractivity contribution in [2.75, 3.05) is 44.2 Å². The number of carbonyl (C=O) groups excluding carboxylic acids is 1. The molecule has 2 fully saturated rings. The lowest BCUT2D eigenvalue weighted by Gasteiger charge is -2.35. The number of aryl methyl sites for hydroxylation is 1. The van der Waals surface area contributed by atoms with Gasteiger partial charge in [-0.1, -0.05) is 24.1 Å². The van der Waals surface area contributed by atoms with Crippen molar-refractivity contribution in [3.05, 3.63) is 52.7 Å². The van der Waals surface area contributed by atoms with E-state index in [0.717, 1.165) is 25.1 Å². The maximum Gasteiger partial charge on any atom is 0.254 e. The first-order valence-corrected chi connectivity index (χ1v) is 12.4. The van der Waals surface area contributed by atoms with Crippen LogP contribution in [0.15, 0.2) is 41.4 Å². The van der Waals surface area contributed by atoms with Crippen molar-refractivity contribution < 1.29 is 13.2 Å². The van der Waals surface area contributed by atoms with Crippen molar-refractivity contribution >= 4 is 33.3 Å². The van der Waals surface area contributed by atoms with E-state index in [-0.39, 0.29) is 10.8 Å².